The monoisotopic (exact) mass is 404 g/mol. The fourth-order valence-corrected chi connectivity index (χ4v) is 3.76. The Morgan fingerprint density at radius 1 is 1.21 bits per heavy atom. The van der Waals surface area contributed by atoms with E-state index in [1.165, 1.54) is 23.4 Å². The molecular formula is C21H26ClFN4O. The number of hydrogen-bond donors (Lipinski definition) is 1. The molecule has 7 heteroatoms. The number of benzene rings is 1. The standard InChI is InChI=1S/C21H25FN4O.ClH/c22-18-4-2-16(3-5-18)17-8-12-25(13-9-17)21(27)7-6-19-14-20-15-23-10-1-11-26(20)24-19;/h2-5,8,14,23H,1,6-7,9-13,15H2;1H. The Balaban J connectivity index is 0.00000225. The van der Waals surface area contributed by atoms with Crippen LogP contribution >= 0.6 is 12.4 Å². The molecule has 1 N–H and O–H groups in total. The summed E-state index contributed by atoms with van der Waals surface area (Å²) in [5.74, 6) is -0.0509. The first-order valence-electron chi connectivity index (χ1n) is 9.68. The van der Waals surface area contributed by atoms with Gasteiger partial charge < -0.3 is 10.2 Å². The van der Waals surface area contributed by atoms with Crippen LogP contribution in [0.25, 0.3) is 5.57 Å². The Bertz CT molecular complexity index is 823. The molecule has 2 aliphatic heterocycles. The highest BCUT2D eigenvalue weighted by Gasteiger charge is 2.19. The Hall–Kier alpha value is -2.18. The van der Waals surface area contributed by atoms with Crippen LogP contribution in [0.1, 0.15) is 36.2 Å². The van der Waals surface area contributed by atoms with E-state index in [0.717, 1.165) is 43.7 Å². The van der Waals surface area contributed by atoms with Crippen molar-refractivity contribution >= 4 is 23.9 Å². The molecule has 0 bridgehead atoms. The van der Waals surface area contributed by atoms with Gasteiger partial charge in [0.05, 0.1) is 11.4 Å². The summed E-state index contributed by atoms with van der Waals surface area (Å²) in [6.45, 7) is 4.16. The molecule has 150 valence electrons. The highest BCUT2D eigenvalue weighted by molar-refractivity contribution is 5.85. The molecule has 1 amide bonds. The van der Waals surface area contributed by atoms with Gasteiger partial charge in [-0.15, -0.1) is 12.4 Å². The average Bonchev–Trinajstić information content (AvgIpc) is 2.96. The number of nitrogens with one attached hydrogen (secondary N) is 1. The van der Waals surface area contributed by atoms with E-state index in [2.05, 4.69) is 27.2 Å². The van der Waals surface area contributed by atoms with Crippen molar-refractivity contribution in [1.29, 1.82) is 0 Å². The smallest absolute Gasteiger partial charge is 0.223 e. The Kier molecular flexibility index (Phi) is 6.86. The summed E-state index contributed by atoms with van der Waals surface area (Å²) in [5.41, 5.74) is 4.43. The highest BCUT2D eigenvalue weighted by atomic mass is 35.5. The Morgan fingerprint density at radius 3 is 2.79 bits per heavy atom. The van der Waals surface area contributed by atoms with Crippen LogP contribution in [0.4, 0.5) is 4.39 Å². The second-order valence-electron chi connectivity index (χ2n) is 7.21. The van der Waals surface area contributed by atoms with E-state index in [1.807, 2.05) is 4.90 Å². The van der Waals surface area contributed by atoms with Crippen molar-refractivity contribution in [3.8, 4) is 0 Å². The molecule has 0 fully saturated rings. The Morgan fingerprint density at radius 2 is 2.04 bits per heavy atom. The predicted molar refractivity (Wildman–Crippen MR) is 110 cm³/mol. The number of rotatable bonds is 4. The Labute approximate surface area is 171 Å². The molecule has 0 saturated heterocycles. The maximum atomic E-state index is 13.1. The first-order valence-corrected chi connectivity index (χ1v) is 9.68. The third-order valence-corrected chi connectivity index (χ3v) is 5.32. The number of amides is 1. The maximum Gasteiger partial charge on any atom is 0.223 e. The van der Waals surface area contributed by atoms with Gasteiger partial charge in [0.25, 0.3) is 0 Å². The molecular weight excluding hydrogens is 379 g/mol. The first kappa shape index (κ1) is 20.6. The number of fused-ring (bicyclic) bond motifs is 1. The average molecular weight is 405 g/mol. The summed E-state index contributed by atoms with van der Waals surface area (Å²) < 4.78 is 15.1. The summed E-state index contributed by atoms with van der Waals surface area (Å²) in [5, 5.41) is 8.04. The minimum atomic E-state index is -0.223. The van der Waals surface area contributed by atoms with Crippen LogP contribution in [0.15, 0.2) is 36.4 Å². The van der Waals surface area contributed by atoms with Gasteiger partial charge in [-0.25, -0.2) is 4.39 Å². The van der Waals surface area contributed by atoms with E-state index in [0.29, 0.717) is 25.9 Å². The largest absolute Gasteiger partial charge is 0.339 e. The van der Waals surface area contributed by atoms with Crippen molar-refractivity contribution in [1.82, 2.24) is 20.0 Å². The molecule has 3 heterocycles. The van der Waals surface area contributed by atoms with Gasteiger partial charge >= 0.3 is 0 Å². The summed E-state index contributed by atoms with van der Waals surface area (Å²) in [7, 11) is 0. The van der Waals surface area contributed by atoms with Crippen molar-refractivity contribution in [3.05, 3.63) is 59.2 Å². The van der Waals surface area contributed by atoms with Gasteiger partial charge in [-0.1, -0.05) is 18.2 Å². The number of carbonyl (C=O) groups excluding carboxylic acids is 1. The van der Waals surface area contributed by atoms with Crippen molar-refractivity contribution < 1.29 is 9.18 Å². The number of aromatic nitrogens is 2. The first-order chi connectivity index (χ1) is 13.2. The number of halogens is 2. The van der Waals surface area contributed by atoms with Crippen molar-refractivity contribution in [2.45, 2.75) is 38.8 Å². The van der Waals surface area contributed by atoms with Gasteiger partial charge in [0.2, 0.25) is 5.91 Å². The maximum absolute atomic E-state index is 13.1. The van der Waals surface area contributed by atoms with Gasteiger partial charge in [0.1, 0.15) is 5.82 Å². The topological polar surface area (TPSA) is 50.2 Å². The van der Waals surface area contributed by atoms with E-state index in [-0.39, 0.29) is 24.1 Å². The molecule has 0 radical (unpaired) electrons. The molecule has 4 rings (SSSR count). The molecule has 1 aromatic carbocycles. The van der Waals surface area contributed by atoms with Crippen LogP contribution in [-0.2, 0) is 24.3 Å². The summed E-state index contributed by atoms with van der Waals surface area (Å²) in [6.07, 6.45) is 5.15. The molecule has 1 aromatic heterocycles. The molecule has 0 aliphatic carbocycles. The highest BCUT2D eigenvalue weighted by Crippen LogP contribution is 2.23. The molecule has 0 saturated carbocycles. The molecule has 28 heavy (non-hydrogen) atoms. The third kappa shape index (κ3) is 4.80. The molecule has 2 aliphatic rings. The van der Waals surface area contributed by atoms with Crippen LogP contribution in [0, 0.1) is 5.82 Å². The van der Waals surface area contributed by atoms with Crippen LogP contribution in [-0.4, -0.2) is 40.2 Å². The molecule has 0 unspecified atom stereocenters. The lowest BCUT2D eigenvalue weighted by atomic mass is 9.99. The van der Waals surface area contributed by atoms with Crippen LogP contribution in [0.5, 0.6) is 0 Å². The lowest BCUT2D eigenvalue weighted by Crippen LogP contribution is -2.34. The van der Waals surface area contributed by atoms with E-state index in [1.54, 1.807) is 12.1 Å². The van der Waals surface area contributed by atoms with E-state index in [4.69, 9.17) is 0 Å². The number of hydrogen-bond acceptors (Lipinski definition) is 3. The predicted octanol–water partition coefficient (Wildman–Crippen LogP) is 3.19. The zero-order chi connectivity index (χ0) is 18.6. The minimum Gasteiger partial charge on any atom is -0.339 e. The van der Waals surface area contributed by atoms with Crippen LogP contribution < -0.4 is 5.32 Å². The van der Waals surface area contributed by atoms with E-state index >= 15 is 0 Å². The molecule has 0 spiro atoms. The number of aryl methyl sites for hydroxylation is 2. The zero-order valence-corrected chi connectivity index (χ0v) is 16.7. The van der Waals surface area contributed by atoms with Crippen LogP contribution in [0.3, 0.4) is 0 Å². The minimum absolute atomic E-state index is 0. The van der Waals surface area contributed by atoms with Crippen molar-refractivity contribution in [2.24, 2.45) is 0 Å². The molecule has 5 nitrogen and oxygen atoms in total. The normalized spacial score (nSPS) is 16.6. The fraction of sp³-hybridized carbons (Fsp3) is 0.429. The fourth-order valence-electron chi connectivity index (χ4n) is 3.76. The van der Waals surface area contributed by atoms with E-state index in [9.17, 15) is 9.18 Å². The van der Waals surface area contributed by atoms with E-state index < -0.39 is 0 Å². The SMILES string of the molecule is Cl.O=C(CCc1cc2n(n1)CCCNC2)N1CC=C(c2ccc(F)cc2)CC1. The zero-order valence-electron chi connectivity index (χ0n) is 15.9. The lowest BCUT2D eigenvalue weighted by molar-refractivity contribution is -0.130. The number of carbonyl (C=O) groups is 1. The molecule has 2 aromatic rings. The second-order valence-corrected chi connectivity index (χ2v) is 7.21. The summed E-state index contributed by atoms with van der Waals surface area (Å²) >= 11 is 0. The van der Waals surface area contributed by atoms with Crippen molar-refractivity contribution in [2.75, 3.05) is 19.6 Å². The molecule has 0 atom stereocenters. The third-order valence-electron chi connectivity index (χ3n) is 5.32. The lowest BCUT2D eigenvalue weighted by Gasteiger charge is -2.26. The second kappa shape index (κ2) is 9.34. The van der Waals surface area contributed by atoms with Gasteiger partial charge in [-0.2, -0.15) is 5.10 Å². The van der Waals surface area contributed by atoms with Gasteiger partial charge in [0.15, 0.2) is 0 Å². The summed E-state index contributed by atoms with van der Waals surface area (Å²) in [6, 6.07) is 8.69. The summed E-state index contributed by atoms with van der Waals surface area (Å²) in [4.78, 5) is 14.5. The van der Waals surface area contributed by atoms with Gasteiger partial charge in [-0.3, -0.25) is 9.48 Å². The van der Waals surface area contributed by atoms with Crippen LogP contribution in [0.2, 0.25) is 0 Å². The number of nitrogens with zero attached hydrogens (tertiary/aromatic N) is 3. The quantitative estimate of drug-likeness (QED) is 0.851. The van der Waals surface area contributed by atoms with Gasteiger partial charge in [0, 0.05) is 39.0 Å². The van der Waals surface area contributed by atoms with Crippen molar-refractivity contribution in [3.63, 3.8) is 0 Å². The van der Waals surface area contributed by atoms with Gasteiger partial charge in [-0.05, 0) is 48.7 Å².